The summed E-state index contributed by atoms with van der Waals surface area (Å²) < 4.78 is 10.5. The number of carbonyl (C=O) groups is 1. The van der Waals surface area contributed by atoms with E-state index in [1.54, 1.807) is 7.11 Å². The van der Waals surface area contributed by atoms with E-state index in [9.17, 15) is 4.79 Å². The third kappa shape index (κ3) is 3.38. The van der Waals surface area contributed by atoms with Crippen LogP contribution in [0.5, 0.6) is 5.75 Å². The van der Waals surface area contributed by atoms with Gasteiger partial charge in [-0.15, -0.1) is 0 Å². The van der Waals surface area contributed by atoms with Gasteiger partial charge in [0, 0.05) is 5.70 Å². The van der Waals surface area contributed by atoms with Crippen molar-refractivity contribution >= 4 is 23.3 Å². The SMILES string of the molecule is COC(=O)C1=C(C)NC(=S)NC1c1cc(C(C)C)c(OC)cc1C. The second-order valence-corrected chi connectivity index (χ2v) is 6.58. The van der Waals surface area contributed by atoms with Crippen molar-refractivity contribution in [3.8, 4) is 5.75 Å². The maximum absolute atomic E-state index is 12.3. The highest BCUT2D eigenvalue weighted by Gasteiger charge is 2.32. The van der Waals surface area contributed by atoms with Gasteiger partial charge in [-0.25, -0.2) is 4.79 Å². The fraction of sp³-hybridized carbons (Fsp3) is 0.444. The number of benzene rings is 1. The lowest BCUT2D eigenvalue weighted by molar-refractivity contribution is -0.136. The molecule has 130 valence electrons. The third-order valence-electron chi connectivity index (χ3n) is 4.23. The molecule has 0 fully saturated rings. The molecule has 0 aliphatic carbocycles. The lowest BCUT2D eigenvalue weighted by Gasteiger charge is -2.31. The van der Waals surface area contributed by atoms with Gasteiger partial charge in [0.1, 0.15) is 5.75 Å². The lowest BCUT2D eigenvalue weighted by Crippen LogP contribution is -2.45. The monoisotopic (exact) mass is 348 g/mol. The summed E-state index contributed by atoms with van der Waals surface area (Å²) in [4.78, 5) is 12.3. The zero-order valence-corrected chi connectivity index (χ0v) is 15.8. The van der Waals surface area contributed by atoms with E-state index in [1.165, 1.54) is 7.11 Å². The van der Waals surface area contributed by atoms with E-state index in [-0.39, 0.29) is 12.0 Å². The summed E-state index contributed by atoms with van der Waals surface area (Å²) in [6.07, 6.45) is 0. The van der Waals surface area contributed by atoms with Crippen molar-refractivity contribution in [1.82, 2.24) is 10.6 Å². The van der Waals surface area contributed by atoms with E-state index in [2.05, 4.69) is 30.5 Å². The molecule has 1 heterocycles. The number of esters is 1. The van der Waals surface area contributed by atoms with E-state index >= 15 is 0 Å². The average Bonchev–Trinajstić information content (AvgIpc) is 2.52. The smallest absolute Gasteiger partial charge is 0.337 e. The molecule has 0 radical (unpaired) electrons. The standard InChI is InChI=1S/C18H24N2O3S/c1-9(2)12-8-13(10(3)7-14(12)22-5)16-15(17(21)23-6)11(4)19-18(24)20-16/h7-9,16H,1-6H3,(H2,19,20,24). The van der Waals surface area contributed by atoms with Crippen LogP contribution < -0.4 is 15.4 Å². The first-order chi connectivity index (χ1) is 11.3. The number of rotatable bonds is 4. The van der Waals surface area contributed by atoms with Gasteiger partial charge in [0.05, 0.1) is 25.8 Å². The Morgan fingerprint density at radius 1 is 1.25 bits per heavy atom. The van der Waals surface area contributed by atoms with Crippen LogP contribution in [0, 0.1) is 6.92 Å². The second-order valence-electron chi connectivity index (χ2n) is 6.17. The summed E-state index contributed by atoms with van der Waals surface area (Å²) in [5, 5.41) is 6.68. The van der Waals surface area contributed by atoms with Crippen molar-refractivity contribution < 1.29 is 14.3 Å². The first kappa shape index (κ1) is 18.3. The number of thiocarbonyl (C=S) groups is 1. The minimum Gasteiger partial charge on any atom is -0.496 e. The molecule has 0 saturated heterocycles. The van der Waals surface area contributed by atoms with Crippen LogP contribution in [-0.2, 0) is 9.53 Å². The number of nitrogens with one attached hydrogen (secondary N) is 2. The minimum absolute atomic E-state index is 0.291. The molecule has 0 amide bonds. The van der Waals surface area contributed by atoms with Gasteiger partial charge in [-0.3, -0.25) is 0 Å². The largest absolute Gasteiger partial charge is 0.496 e. The van der Waals surface area contributed by atoms with Crippen LogP contribution in [-0.4, -0.2) is 25.3 Å². The lowest BCUT2D eigenvalue weighted by atomic mass is 9.88. The molecule has 1 aromatic carbocycles. The number of hydrogen-bond donors (Lipinski definition) is 2. The Bertz CT molecular complexity index is 710. The van der Waals surface area contributed by atoms with Gasteiger partial charge in [-0.05, 0) is 60.8 Å². The van der Waals surface area contributed by atoms with Gasteiger partial charge in [-0.2, -0.15) is 0 Å². The Morgan fingerprint density at radius 3 is 2.46 bits per heavy atom. The zero-order chi connectivity index (χ0) is 18.0. The molecule has 5 nitrogen and oxygen atoms in total. The molecule has 1 unspecified atom stereocenters. The Hall–Kier alpha value is -2.08. The molecule has 1 aliphatic heterocycles. The quantitative estimate of drug-likeness (QED) is 0.644. The molecular weight excluding hydrogens is 324 g/mol. The van der Waals surface area contributed by atoms with Crippen molar-refractivity contribution in [2.24, 2.45) is 0 Å². The van der Waals surface area contributed by atoms with Crippen molar-refractivity contribution in [2.45, 2.75) is 39.7 Å². The minimum atomic E-state index is -0.374. The Kier molecular flexibility index (Phi) is 5.49. The summed E-state index contributed by atoms with van der Waals surface area (Å²) in [6.45, 7) is 8.05. The zero-order valence-electron chi connectivity index (χ0n) is 14.9. The van der Waals surface area contributed by atoms with E-state index in [1.807, 2.05) is 19.9 Å². The first-order valence-electron chi connectivity index (χ1n) is 7.85. The molecule has 0 saturated carbocycles. The highest BCUT2D eigenvalue weighted by Crippen LogP contribution is 2.36. The summed E-state index contributed by atoms with van der Waals surface area (Å²) >= 11 is 5.28. The molecule has 6 heteroatoms. The molecule has 1 aromatic rings. The van der Waals surface area contributed by atoms with Gasteiger partial charge in [0.15, 0.2) is 5.11 Å². The van der Waals surface area contributed by atoms with E-state index in [4.69, 9.17) is 21.7 Å². The molecule has 1 atom stereocenters. The summed E-state index contributed by atoms with van der Waals surface area (Å²) in [7, 11) is 3.05. The average molecular weight is 348 g/mol. The van der Waals surface area contributed by atoms with Crippen LogP contribution in [0.15, 0.2) is 23.4 Å². The maximum atomic E-state index is 12.3. The highest BCUT2D eigenvalue weighted by atomic mass is 32.1. The van der Waals surface area contributed by atoms with Crippen LogP contribution >= 0.6 is 12.2 Å². The van der Waals surface area contributed by atoms with Crippen LogP contribution in [0.25, 0.3) is 0 Å². The van der Waals surface area contributed by atoms with Crippen molar-refractivity contribution in [3.63, 3.8) is 0 Å². The molecule has 0 bridgehead atoms. The predicted molar refractivity (Wildman–Crippen MR) is 98.1 cm³/mol. The molecule has 24 heavy (non-hydrogen) atoms. The van der Waals surface area contributed by atoms with Crippen LogP contribution in [0.3, 0.4) is 0 Å². The summed E-state index contributed by atoms with van der Waals surface area (Å²) in [6, 6.07) is 3.73. The second kappa shape index (κ2) is 7.21. The molecule has 1 aliphatic rings. The number of ether oxygens (including phenoxy) is 2. The third-order valence-corrected chi connectivity index (χ3v) is 4.45. The molecular formula is C18H24N2O3S. The summed E-state index contributed by atoms with van der Waals surface area (Å²) in [5.74, 6) is 0.768. The number of carbonyl (C=O) groups excluding carboxylic acids is 1. The topological polar surface area (TPSA) is 59.6 Å². The van der Waals surface area contributed by atoms with Crippen LogP contribution in [0.1, 0.15) is 49.4 Å². The van der Waals surface area contributed by atoms with Gasteiger partial charge >= 0.3 is 5.97 Å². The Balaban J connectivity index is 2.64. The number of hydrogen-bond acceptors (Lipinski definition) is 4. The van der Waals surface area contributed by atoms with Gasteiger partial charge in [0.2, 0.25) is 0 Å². The van der Waals surface area contributed by atoms with Crippen LogP contribution in [0.4, 0.5) is 0 Å². The Morgan fingerprint density at radius 2 is 1.92 bits per heavy atom. The van der Waals surface area contributed by atoms with Crippen molar-refractivity contribution in [3.05, 3.63) is 40.1 Å². The first-order valence-corrected chi connectivity index (χ1v) is 8.26. The van der Waals surface area contributed by atoms with Gasteiger partial charge in [-0.1, -0.05) is 13.8 Å². The fourth-order valence-electron chi connectivity index (χ4n) is 2.96. The van der Waals surface area contributed by atoms with Crippen molar-refractivity contribution in [2.75, 3.05) is 14.2 Å². The number of allylic oxidation sites excluding steroid dienone is 1. The summed E-state index contributed by atoms with van der Waals surface area (Å²) in [5.41, 5.74) is 4.34. The molecule has 0 spiro atoms. The van der Waals surface area contributed by atoms with Gasteiger partial charge < -0.3 is 20.1 Å². The number of aryl methyl sites for hydroxylation is 1. The predicted octanol–water partition coefficient (Wildman–Crippen LogP) is 3.09. The van der Waals surface area contributed by atoms with Gasteiger partial charge in [0.25, 0.3) is 0 Å². The maximum Gasteiger partial charge on any atom is 0.337 e. The van der Waals surface area contributed by atoms with Crippen molar-refractivity contribution in [1.29, 1.82) is 0 Å². The van der Waals surface area contributed by atoms with Crippen LogP contribution in [0.2, 0.25) is 0 Å². The molecule has 0 aromatic heterocycles. The molecule has 2 rings (SSSR count). The number of methoxy groups -OCH3 is 2. The normalized spacial score (nSPS) is 17.5. The van der Waals surface area contributed by atoms with E-state index < -0.39 is 0 Å². The molecule has 2 N–H and O–H groups in total. The van der Waals surface area contributed by atoms with E-state index in [0.29, 0.717) is 22.3 Å². The van der Waals surface area contributed by atoms with E-state index in [0.717, 1.165) is 22.4 Å². The fourth-order valence-corrected chi connectivity index (χ4v) is 3.23. The Labute approximate surface area is 148 Å². The highest BCUT2D eigenvalue weighted by molar-refractivity contribution is 7.80.